The third kappa shape index (κ3) is 5.06. The fourth-order valence-electron chi connectivity index (χ4n) is 3.52. The highest BCUT2D eigenvalue weighted by atomic mass is 16.5. The van der Waals surface area contributed by atoms with Crippen molar-refractivity contribution in [1.29, 1.82) is 0 Å². The lowest BCUT2D eigenvalue weighted by atomic mass is 10.2. The van der Waals surface area contributed by atoms with Gasteiger partial charge in [0.2, 0.25) is 0 Å². The molecule has 7 heteroatoms. The van der Waals surface area contributed by atoms with Gasteiger partial charge in [0, 0.05) is 35.4 Å². The lowest BCUT2D eigenvalue weighted by molar-refractivity contribution is 0.101. The molecule has 2 aromatic heterocycles. The molecule has 0 aliphatic rings. The van der Waals surface area contributed by atoms with Gasteiger partial charge in [0.05, 0.1) is 6.54 Å². The lowest BCUT2D eigenvalue weighted by Gasteiger charge is -2.10. The first-order valence-corrected chi connectivity index (χ1v) is 10.7. The molecule has 0 unspecified atom stereocenters. The average Bonchev–Trinajstić information content (AvgIpc) is 3.17. The van der Waals surface area contributed by atoms with E-state index in [9.17, 15) is 9.59 Å². The predicted octanol–water partition coefficient (Wildman–Crippen LogP) is 4.19. The molecule has 164 valence electrons. The van der Waals surface area contributed by atoms with Crippen LogP contribution in [0, 0.1) is 5.92 Å². The van der Waals surface area contributed by atoms with E-state index in [1.54, 1.807) is 0 Å². The highest BCUT2D eigenvalue weighted by molar-refractivity contribution is 6.03. The van der Waals surface area contributed by atoms with Gasteiger partial charge in [0.1, 0.15) is 18.1 Å². The van der Waals surface area contributed by atoms with Crippen molar-refractivity contribution in [3.8, 4) is 5.75 Å². The Morgan fingerprint density at radius 2 is 1.88 bits per heavy atom. The highest BCUT2D eigenvalue weighted by Gasteiger charge is 2.11. The van der Waals surface area contributed by atoms with Crippen molar-refractivity contribution in [2.75, 3.05) is 11.9 Å². The standard InChI is InChI=1S/C25H26N4O3/c1-18(2)17-28-13-12-19-16-20(8-10-23(19)28)26-25(31)22-9-11-24(30)29(27-22)14-15-32-21-6-4-3-5-7-21/h3-13,16,18H,14-15,17H2,1-2H3,(H,26,31). The maximum absolute atomic E-state index is 12.7. The molecule has 2 aromatic carbocycles. The zero-order valence-electron chi connectivity index (χ0n) is 18.2. The van der Waals surface area contributed by atoms with E-state index >= 15 is 0 Å². The van der Waals surface area contributed by atoms with Crippen molar-refractivity contribution >= 4 is 22.5 Å². The number of nitrogens with zero attached hydrogens (tertiary/aromatic N) is 3. The number of amides is 1. The topological polar surface area (TPSA) is 78.2 Å². The van der Waals surface area contributed by atoms with Crippen LogP contribution in [0.15, 0.2) is 77.7 Å². The van der Waals surface area contributed by atoms with Crippen molar-refractivity contribution in [2.45, 2.75) is 26.9 Å². The number of carbonyl (C=O) groups excluding carboxylic acids is 1. The van der Waals surface area contributed by atoms with Gasteiger partial charge in [-0.25, -0.2) is 4.68 Å². The minimum Gasteiger partial charge on any atom is -0.492 e. The maximum Gasteiger partial charge on any atom is 0.276 e. The number of carbonyl (C=O) groups is 1. The molecule has 0 saturated heterocycles. The van der Waals surface area contributed by atoms with E-state index in [-0.39, 0.29) is 30.3 Å². The van der Waals surface area contributed by atoms with Crippen LogP contribution in [0.3, 0.4) is 0 Å². The van der Waals surface area contributed by atoms with Crippen LogP contribution in [0.2, 0.25) is 0 Å². The molecule has 7 nitrogen and oxygen atoms in total. The molecular formula is C25H26N4O3. The van der Waals surface area contributed by atoms with Crippen molar-refractivity contribution in [3.05, 3.63) is 89.0 Å². The number of rotatable bonds is 8. The molecule has 4 aromatic rings. The molecule has 0 fully saturated rings. The quantitative estimate of drug-likeness (QED) is 0.455. The van der Waals surface area contributed by atoms with Gasteiger partial charge in [-0.05, 0) is 48.4 Å². The Bertz CT molecular complexity index is 1280. The smallest absolute Gasteiger partial charge is 0.276 e. The minimum absolute atomic E-state index is 0.168. The van der Waals surface area contributed by atoms with Crippen LogP contribution >= 0.6 is 0 Å². The zero-order chi connectivity index (χ0) is 22.5. The molecule has 0 aliphatic carbocycles. The summed E-state index contributed by atoms with van der Waals surface area (Å²) in [5.74, 6) is 0.889. The number of nitrogens with one attached hydrogen (secondary N) is 1. The van der Waals surface area contributed by atoms with E-state index in [2.05, 4.69) is 35.0 Å². The Morgan fingerprint density at radius 1 is 1.06 bits per heavy atom. The van der Waals surface area contributed by atoms with Crippen LogP contribution in [0.5, 0.6) is 5.75 Å². The van der Waals surface area contributed by atoms with Crippen LogP contribution in [-0.2, 0) is 13.1 Å². The number of hydrogen-bond acceptors (Lipinski definition) is 4. The van der Waals surface area contributed by atoms with Gasteiger partial charge < -0.3 is 14.6 Å². The molecule has 0 spiro atoms. The number of para-hydroxylation sites is 1. The maximum atomic E-state index is 12.7. The monoisotopic (exact) mass is 430 g/mol. The Kier molecular flexibility index (Phi) is 6.35. The summed E-state index contributed by atoms with van der Waals surface area (Å²) < 4.78 is 9.08. The molecule has 1 N–H and O–H groups in total. The lowest BCUT2D eigenvalue weighted by Crippen LogP contribution is -2.28. The number of hydrogen-bond donors (Lipinski definition) is 1. The van der Waals surface area contributed by atoms with Crippen LogP contribution in [0.25, 0.3) is 10.9 Å². The zero-order valence-corrected chi connectivity index (χ0v) is 18.2. The van der Waals surface area contributed by atoms with E-state index in [0.717, 1.165) is 17.4 Å². The SMILES string of the molecule is CC(C)Cn1ccc2cc(NC(=O)c3ccc(=O)n(CCOc4ccccc4)n3)ccc21. The molecule has 0 saturated carbocycles. The van der Waals surface area contributed by atoms with E-state index in [1.165, 1.54) is 16.8 Å². The van der Waals surface area contributed by atoms with Crippen molar-refractivity contribution in [3.63, 3.8) is 0 Å². The Morgan fingerprint density at radius 3 is 2.66 bits per heavy atom. The first-order valence-electron chi connectivity index (χ1n) is 10.7. The summed E-state index contributed by atoms with van der Waals surface area (Å²) >= 11 is 0. The molecule has 1 amide bonds. The van der Waals surface area contributed by atoms with Gasteiger partial charge >= 0.3 is 0 Å². The molecule has 0 radical (unpaired) electrons. The Hall–Kier alpha value is -3.87. The van der Waals surface area contributed by atoms with Gasteiger partial charge in [0.15, 0.2) is 0 Å². The fourth-order valence-corrected chi connectivity index (χ4v) is 3.52. The summed E-state index contributed by atoms with van der Waals surface area (Å²) in [5, 5.41) is 8.13. The van der Waals surface area contributed by atoms with Gasteiger partial charge in [-0.15, -0.1) is 0 Å². The van der Waals surface area contributed by atoms with Crippen molar-refractivity contribution < 1.29 is 9.53 Å². The normalized spacial score (nSPS) is 11.1. The molecule has 2 heterocycles. The summed E-state index contributed by atoms with van der Waals surface area (Å²) in [5.41, 5.74) is 1.69. The predicted molar refractivity (Wildman–Crippen MR) is 125 cm³/mol. The van der Waals surface area contributed by atoms with Crippen molar-refractivity contribution in [1.82, 2.24) is 14.3 Å². The fraction of sp³-hybridized carbons (Fsp3) is 0.240. The van der Waals surface area contributed by atoms with Crippen LogP contribution in [-0.4, -0.2) is 26.9 Å². The second-order valence-electron chi connectivity index (χ2n) is 8.03. The molecule has 0 aliphatic heterocycles. The van der Waals surface area contributed by atoms with Crippen molar-refractivity contribution in [2.24, 2.45) is 5.92 Å². The largest absolute Gasteiger partial charge is 0.492 e. The number of aromatic nitrogens is 3. The van der Waals surface area contributed by atoms with Crippen LogP contribution in [0.1, 0.15) is 24.3 Å². The second-order valence-corrected chi connectivity index (χ2v) is 8.03. The number of fused-ring (bicyclic) bond motifs is 1. The first kappa shape index (κ1) is 21.4. The number of benzene rings is 2. The third-order valence-corrected chi connectivity index (χ3v) is 5.00. The van der Waals surface area contributed by atoms with Gasteiger partial charge in [0.25, 0.3) is 11.5 Å². The van der Waals surface area contributed by atoms with E-state index in [4.69, 9.17) is 4.74 Å². The summed E-state index contributed by atoms with van der Waals surface area (Å²) in [6.07, 6.45) is 2.06. The summed E-state index contributed by atoms with van der Waals surface area (Å²) in [6.45, 7) is 5.81. The minimum atomic E-state index is -0.372. The average molecular weight is 431 g/mol. The van der Waals surface area contributed by atoms with Gasteiger partial charge in [-0.1, -0.05) is 32.0 Å². The Balaban J connectivity index is 1.44. The summed E-state index contributed by atoms with van der Waals surface area (Å²) in [4.78, 5) is 24.9. The number of anilines is 1. The summed E-state index contributed by atoms with van der Waals surface area (Å²) in [7, 11) is 0. The Labute approximate surface area is 186 Å². The number of ether oxygens (including phenoxy) is 1. The second kappa shape index (κ2) is 9.51. The van der Waals surface area contributed by atoms with Crippen LogP contribution in [0.4, 0.5) is 5.69 Å². The van der Waals surface area contributed by atoms with Gasteiger partial charge in [-0.2, -0.15) is 5.10 Å². The third-order valence-electron chi connectivity index (χ3n) is 5.00. The molecule has 32 heavy (non-hydrogen) atoms. The van der Waals surface area contributed by atoms with E-state index in [1.807, 2.05) is 54.6 Å². The van der Waals surface area contributed by atoms with E-state index < -0.39 is 0 Å². The molecule has 0 bridgehead atoms. The molecule has 4 rings (SSSR count). The molecule has 0 atom stereocenters. The summed E-state index contributed by atoms with van der Waals surface area (Å²) in [6, 6.07) is 20.0. The van der Waals surface area contributed by atoms with Crippen LogP contribution < -0.4 is 15.6 Å². The van der Waals surface area contributed by atoms with Gasteiger partial charge in [-0.3, -0.25) is 9.59 Å². The first-order chi connectivity index (χ1) is 15.5. The molecular weight excluding hydrogens is 404 g/mol. The van der Waals surface area contributed by atoms with E-state index in [0.29, 0.717) is 17.4 Å². The highest BCUT2D eigenvalue weighted by Crippen LogP contribution is 2.22.